The van der Waals surface area contributed by atoms with Crippen LogP contribution in [0.4, 0.5) is 0 Å². The van der Waals surface area contributed by atoms with Gasteiger partial charge in [-0.3, -0.25) is 4.79 Å². The highest BCUT2D eigenvalue weighted by molar-refractivity contribution is 5.73. The Hall–Kier alpha value is -2.53. The minimum absolute atomic E-state index is 0.105. The molecule has 1 aliphatic rings. The van der Waals surface area contributed by atoms with Gasteiger partial charge in [0.1, 0.15) is 0 Å². The topological polar surface area (TPSA) is 42.0 Å². The number of benzene rings is 2. The maximum atomic E-state index is 12.6. The van der Waals surface area contributed by atoms with Crippen molar-refractivity contribution in [2.75, 3.05) is 34.4 Å². The summed E-state index contributed by atoms with van der Waals surface area (Å²) in [6.07, 6.45) is 3.19. The van der Waals surface area contributed by atoms with E-state index in [1.54, 1.807) is 21.1 Å². The molecule has 1 fully saturated rings. The van der Waals surface area contributed by atoms with E-state index in [4.69, 9.17) is 9.47 Å². The number of piperidine rings is 1. The Kier molecular flexibility index (Phi) is 8.41. The predicted molar refractivity (Wildman–Crippen MR) is 134 cm³/mol. The molecule has 0 spiro atoms. The third kappa shape index (κ3) is 6.08. The van der Waals surface area contributed by atoms with Gasteiger partial charge in [0, 0.05) is 32.6 Å². The van der Waals surface area contributed by atoms with E-state index in [2.05, 4.69) is 56.1 Å². The number of rotatable bonds is 9. The Morgan fingerprint density at radius 3 is 2.39 bits per heavy atom. The van der Waals surface area contributed by atoms with Gasteiger partial charge in [-0.25, -0.2) is 0 Å². The summed E-state index contributed by atoms with van der Waals surface area (Å²) in [5.74, 6) is 2.05. The summed E-state index contributed by atoms with van der Waals surface area (Å²) in [5.41, 5.74) is 2.60. The van der Waals surface area contributed by atoms with Crippen molar-refractivity contribution in [1.82, 2.24) is 9.80 Å². The van der Waals surface area contributed by atoms with E-state index in [-0.39, 0.29) is 11.3 Å². The monoisotopic (exact) mass is 452 g/mol. The average Bonchev–Trinajstić information content (AvgIpc) is 2.80. The van der Waals surface area contributed by atoms with Crippen molar-refractivity contribution in [2.24, 2.45) is 11.3 Å². The van der Waals surface area contributed by atoms with Crippen LogP contribution in [-0.2, 0) is 17.8 Å². The second kappa shape index (κ2) is 11.1. The number of ether oxygens (including phenoxy) is 2. The molecule has 5 heteroatoms. The maximum absolute atomic E-state index is 12.6. The fourth-order valence-electron chi connectivity index (χ4n) is 5.34. The predicted octanol–water partition coefficient (Wildman–Crippen LogP) is 5.03. The molecule has 0 radical (unpaired) electrons. The molecule has 0 unspecified atom stereocenters. The number of methoxy groups -OCH3 is 2. The van der Waals surface area contributed by atoms with Crippen LogP contribution >= 0.6 is 0 Å². The maximum Gasteiger partial charge on any atom is 0.219 e. The van der Waals surface area contributed by atoms with Gasteiger partial charge in [-0.1, -0.05) is 43.3 Å². The minimum atomic E-state index is 0.105. The Labute approximate surface area is 199 Å². The third-order valence-electron chi connectivity index (χ3n) is 7.61. The first kappa shape index (κ1) is 25.1. The van der Waals surface area contributed by atoms with Crippen molar-refractivity contribution < 1.29 is 14.3 Å². The van der Waals surface area contributed by atoms with Crippen LogP contribution in [0, 0.1) is 11.3 Å². The average molecular weight is 453 g/mol. The molecule has 5 nitrogen and oxygen atoms in total. The smallest absolute Gasteiger partial charge is 0.219 e. The van der Waals surface area contributed by atoms with Crippen LogP contribution in [0.15, 0.2) is 48.5 Å². The molecule has 180 valence electrons. The molecular weight excluding hydrogens is 412 g/mol. The van der Waals surface area contributed by atoms with Crippen LogP contribution in [0.2, 0.25) is 0 Å². The summed E-state index contributed by atoms with van der Waals surface area (Å²) in [7, 11) is 5.50. The van der Waals surface area contributed by atoms with Crippen molar-refractivity contribution in [2.45, 2.75) is 52.6 Å². The van der Waals surface area contributed by atoms with Gasteiger partial charge in [0.25, 0.3) is 0 Å². The van der Waals surface area contributed by atoms with Crippen LogP contribution in [0.3, 0.4) is 0 Å². The molecule has 1 aliphatic heterocycles. The number of hydrogen-bond donors (Lipinski definition) is 0. The standard InChI is InChI=1S/C28H40N2O3/c1-21-19-29(4)22(2)17-28(21,18-24-10-8-7-9-11-24)14-15-30(23(3)31)20-25-12-13-26(32-5)27(16-25)33-6/h7-13,16,21-22H,14-15,17-20H2,1-6H3/t21-,22-,28+/m1/s1. The number of likely N-dealkylation sites (tertiary alicyclic amines) is 1. The lowest BCUT2D eigenvalue weighted by molar-refractivity contribution is -0.130. The molecular formula is C28H40N2O3. The highest BCUT2D eigenvalue weighted by Gasteiger charge is 2.42. The van der Waals surface area contributed by atoms with Crippen molar-refractivity contribution in [3.63, 3.8) is 0 Å². The van der Waals surface area contributed by atoms with Gasteiger partial charge >= 0.3 is 0 Å². The van der Waals surface area contributed by atoms with Crippen LogP contribution in [0.5, 0.6) is 11.5 Å². The lowest BCUT2D eigenvalue weighted by Crippen LogP contribution is -2.51. The molecule has 0 N–H and O–H groups in total. The molecule has 0 aliphatic carbocycles. The van der Waals surface area contributed by atoms with Crippen LogP contribution in [0.1, 0.15) is 44.7 Å². The molecule has 0 saturated carbocycles. The quantitative estimate of drug-likeness (QED) is 0.535. The number of amides is 1. The van der Waals surface area contributed by atoms with Crippen LogP contribution < -0.4 is 9.47 Å². The summed E-state index contributed by atoms with van der Waals surface area (Å²) < 4.78 is 10.8. The summed E-state index contributed by atoms with van der Waals surface area (Å²) in [4.78, 5) is 17.1. The number of hydrogen-bond acceptors (Lipinski definition) is 4. The molecule has 1 saturated heterocycles. The molecule has 0 bridgehead atoms. The molecule has 2 aromatic carbocycles. The second-order valence-corrected chi connectivity index (χ2v) is 9.80. The van der Waals surface area contributed by atoms with Gasteiger partial charge in [-0.2, -0.15) is 0 Å². The number of nitrogens with zero attached hydrogens (tertiary/aromatic N) is 2. The van der Waals surface area contributed by atoms with Gasteiger partial charge in [-0.05, 0) is 67.8 Å². The third-order valence-corrected chi connectivity index (χ3v) is 7.61. The van der Waals surface area contributed by atoms with E-state index in [1.807, 2.05) is 23.1 Å². The van der Waals surface area contributed by atoms with Gasteiger partial charge in [0.2, 0.25) is 5.91 Å². The van der Waals surface area contributed by atoms with Crippen molar-refractivity contribution in [3.05, 3.63) is 59.7 Å². The second-order valence-electron chi connectivity index (χ2n) is 9.80. The summed E-state index contributed by atoms with van der Waals surface area (Å²) in [5, 5.41) is 0. The summed E-state index contributed by atoms with van der Waals surface area (Å²) in [6.45, 7) is 8.79. The van der Waals surface area contributed by atoms with Crippen LogP contribution in [-0.4, -0.2) is 56.1 Å². The first-order chi connectivity index (χ1) is 15.8. The highest BCUT2D eigenvalue weighted by atomic mass is 16.5. The van der Waals surface area contributed by atoms with Gasteiger partial charge in [0.05, 0.1) is 14.2 Å². The zero-order chi connectivity index (χ0) is 24.0. The summed E-state index contributed by atoms with van der Waals surface area (Å²) >= 11 is 0. The Balaban J connectivity index is 1.80. The Bertz CT molecular complexity index is 917. The number of carbonyl (C=O) groups is 1. The first-order valence-electron chi connectivity index (χ1n) is 12.0. The molecule has 1 heterocycles. The molecule has 3 rings (SSSR count). The minimum Gasteiger partial charge on any atom is -0.493 e. The van der Waals surface area contributed by atoms with Gasteiger partial charge < -0.3 is 19.3 Å². The lowest BCUT2D eigenvalue weighted by Gasteiger charge is -2.50. The molecule has 33 heavy (non-hydrogen) atoms. The zero-order valence-electron chi connectivity index (χ0n) is 21.1. The Morgan fingerprint density at radius 1 is 1.06 bits per heavy atom. The van der Waals surface area contributed by atoms with E-state index in [0.717, 1.165) is 37.9 Å². The Morgan fingerprint density at radius 2 is 1.76 bits per heavy atom. The fraction of sp³-hybridized carbons (Fsp3) is 0.536. The number of carbonyl (C=O) groups excluding carboxylic acids is 1. The van der Waals surface area contributed by atoms with E-state index in [1.165, 1.54) is 5.56 Å². The SMILES string of the molecule is COc1ccc(CN(CC[C@@]2(Cc3ccccc3)C[C@@H](C)N(C)C[C@H]2C)C(C)=O)cc1OC. The summed E-state index contributed by atoms with van der Waals surface area (Å²) in [6, 6.07) is 17.2. The molecule has 3 atom stereocenters. The molecule has 2 aromatic rings. The van der Waals surface area contributed by atoms with Crippen molar-refractivity contribution >= 4 is 5.91 Å². The largest absolute Gasteiger partial charge is 0.493 e. The van der Waals surface area contributed by atoms with Gasteiger partial charge in [-0.15, -0.1) is 0 Å². The lowest BCUT2D eigenvalue weighted by atomic mass is 9.63. The fourth-order valence-corrected chi connectivity index (χ4v) is 5.34. The van der Waals surface area contributed by atoms with Crippen LogP contribution in [0.25, 0.3) is 0 Å². The van der Waals surface area contributed by atoms with Gasteiger partial charge in [0.15, 0.2) is 11.5 Å². The first-order valence-corrected chi connectivity index (χ1v) is 12.0. The van der Waals surface area contributed by atoms with Crippen molar-refractivity contribution in [1.29, 1.82) is 0 Å². The van der Waals surface area contributed by atoms with Crippen molar-refractivity contribution in [3.8, 4) is 11.5 Å². The zero-order valence-corrected chi connectivity index (χ0v) is 21.1. The van der Waals surface area contributed by atoms with E-state index >= 15 is 0 Å². The van der Waals surface area contributed by atoms with E-state index < -0.39 is 0 Å². The van der Waals surface area contributed by atoms with E-state index in [0.29, 0.717) is 30.0 Å². The molecule has 1 amide bonds. The molecule has 0 aromatic heterocycles. The van der Waals surface area contributed by atoms with E-state index in [9.17, 15) is 4.79 Å². The highest BCUT2D eigenvalue weighted by Crippen LogP contribution is 2.44. The normalized spacial score (nSPS) is 23.2.